The minimum atomic E-state index is -4.88. The second kappa shape index (κ2) is 8.26. The Hall–Kier alpha value is -3.22. The number of alkyl halides is 6. The Balaban J connectivity index is 1.90. The van der Waals surface area contributed by atoms with Crippen molar-refractivity contribution >= 4 is 11.6 Å². The van der Waals surface area contributed by atoms with Crippen LogP contribution in [-0.4, -0.2) is 31.8 Å². The van der Waals surface area contributed by atoms with Crippen LogP contribution in [0.4, 0.5) is 32.0 Å². The minimum Gasteiger partial charge on any atom is -0.477 e. The zero-order valence-corrected chi connectivity index (χ0v) is 15.3. The summed E-state index contributed by atoms with van der Waals surface area (Å²) in [7, 11) is 0. The van der Waals surface area contributed by atoms with Crippen molar-refractivity contribution < 1.29 is 31.1 Å². The van der Waals surface area contributed by atoms with Gasteiger partial charge in [-0.1, -0.05) is 30.3 Å². The molecule has 0 fully saturated rings. The summed E-state index contributed by atoms with van der Waals surface area (Å²) >= 11 is 0. The first kappa shape index (κ1) is 21.5. The van der Waals surface area contributed by atoms with Crippen LogP contribution in [0.1, 0.15) is 22.7 Å². The van der Waals surface area contributed by atoms with Gasteiger partial charge in [0.05, 0.1) is 23.7 Å². The number of halogens is 6. The van der Waals surface area contributed by atoms with E-state index in [2.05, 4.69) is 4.99 Å². The van der Waals surface area contributed by atoms with Crippen LogP contribution in [0.25, 0.3) is 0 Å². The molecule has 3 rings (SSSR count). The third kappa shape index (κ3) is 5.23. The largest absolute Gasteiger partial charge is 0.477 e. The highest BCUT2D eigenvalue weighted by molar-refractivity contribution is 5.83. The number of ether oxygens (including phenoxy) is 1. The molecule has 158 valence electrons. The van der Waals surface area contributed by atoms with Gasteiger partial charge in [-0.05, 0) is 23.8 Å². The molecular weight excluding hydrogens is 412 g/mol. The van der Waals surface area contributed by atoms with Crippen LogP contribution in [0.5, 0.6) is 0 Å². The van der Waals surface area contributed by atoms with E-state index in [-0.39, 0.29) is 18.2 Å². The topological polar surface area (TPSA) is 48.6 Å². The summed E-state index contributed by atoms with van der Waals surface area (Å²) < 4.78 is 84.3. The van der Waals surface area contributed by atoms with Crippen LogP contribution in [0.3, 0.4) is 0 Å². The fraction of sp³-hybridized carbons (Fsp3) is 0.300. The predicted octanol–water partition coefficient (Wildman–Crippen LogP) is 5.12. The Morgan fingerprint density at radius 2 is 1.77 bits per heavy atom. The van der Waals surface area contributed by atoms with E-state index in [0.717, 1.165) is 17.7 Å². The van der Waals surface area contributed by atoms with Gasteiger partial charge in [-0.25, -0.2) is 4.99 Å². The molecule has 2 aromatic rings. The predicted molar refractivity (Wildman–Crippen MR) is 97.0 cm³/mol. The van der Waals surface area contributed by atoms with Crippen molar-refractivity contribution in [2.75, 3.05) is 24.6 Å². The lowest BCUT2D eigenvalue weighted by Crippen LogP contribution is -2.38. The van der Waals surface area contributed by atoms with Gasteiger partial charge in [0.15, 0.2) is 0 Å². The molecule has 0 aliphatic carbocycles. The molecule has 0 spiro atoms. The molecule has 0 bridgehead atoms. The van der Waals surface area contributed by atoms with E-state index >= 15 is 0 Å². The van der Waals surface area contributed by atoms with Gasteiger partial charge in [-0.2, -0.15) is 31.6 Å². The Labute approximate surface area is 168 Å². The molecule has 0 amide bonds. The molecule has 0 N–H and O–H groups in total. The number of hydrogen-bond donors (Lipinski definition) is 0. The zero-order chi connectivity index (χ0) is 21.9. The molecule has 0 aromatic heterocycles. The zero-order valence-electron chi connectivity index (χ0n) is 15.3. The van der Waals surface area contributed by atoms with E-state index < -0.39 is 42.6 Å². The number of nitriles is 1. The van der Waals surface area contributed by atoms with Gasteiger partial charge in [0.25, 0.3) is 0 Å². The molecule has 1 aliphatic heterocycles. The number of benzene rings is 2. The minimum absolute atomic E-state index is 0.00831. The summed E-state index contributed by atoms with van der Waals surface area (Å²) in [5, 5.41) is 8.88. The van der Waals surface area contributed by atoms with Crippen molar-refractivity contribution in [3.63, 3.8) is 0 Å². The second-order valence-corrected chi connectivity index (χ2v) is 6.57. The molecule has 0 saturated carbocycles. The van der Waals surface area contributed by atoms with E-state index in [1.165, 1.54) is 6.07 Å². The molecule has 30 heavy (non-hydrogen) atoms. The summed E-state index contributed by atoms with van der Waals surface area (Å²) in [5.74, 6) is -0.00831. The lowest BCUT2D eigenvalue weighted by Gasteiger charge is -2.26. The van der Waals surface area contributed by atoms with E-state index in [9.17, 15) is 26.3 Å². The van der Waals surface area contributed by atoms with E-state index in [1.54, 1.807) is 30.3 Å². The van der Waals surface area contributed by atoms with Gasteiger partial charge >= 0.3 is 12.4 Å². The molecule has 1 aliphatic rings. The van der Waals surface area contributed by atoms with Crippen molar-refractivity contribution in [3.8, 4) is 6.07 Å². The Morgan fingerprint density at radius 1 is 1.07 bits per heavy atom. The lowest BCUT2D eigenvalue weighted by atomic mass is 10.1. The first-order chi connectivity index (χ1) is 14.1. The fourth-order valence-electron chi connectivity index (χ4n) is 3.04. The first-order valence-electron chi connectivity index (χ1n) is 8.74. The summed E-state index contributed by atoms with van der Waals surface area (Å²) in [6, 6.07) is 12.4. The molecule has 0 radical (unpaired) electrons. The third-order valence-corrected chi connectivity index (χ3v) is 4.38. The highest BCUT2D eigenvalue weighted by Gasteiger charge is 2.36. The molecule has 1 heterocycles. The molecule has 10 heteroatoms. The Kier molecular flexibility index (Phi) is 5.92. The van der Waals surface area contributed by atoms with Gasteiger partial charge in [-0.15, -0.1) is 0 Å². The quantitative estimate of drug-likeness (QED) is 0.623. The van der Waals surface area contributed by atoms with Crippen LogP contribution in [0, 0.1) is 11.3 Å². The van der Waals surface area contributed by atoms with Gasteiger partial charge in [0, 0.05) is 5.69 Å². The van der Waals surface area contributed by atoms with Crippen LogP contribution in [0.2, 0.25) is 0 Å². The molecule has 2 aromatic carbocycles. The standard InChI is InChI=1S/C20H15F6N3O/c21-19(22,23)12-29(15-7-6-14(9-27)16(8-15)20(24,25)26)10-18-28-17(11-30-18)13-4-2-1-3-5-13/h1-8,17H,10-12H2. The van der Waals surface area contributed by atoms with Crippen LogP contribution in [-0.2, 0) is 10.9 Å². The summed E-state index contributed by atoms with van der Waals surface area (Å²) in [6.07, 6.45) is -9.56. The molecule has 1 atom stereocenters. The SMILES string of the molecule is N#Cc1ccc(N(CC2=NC(c3ccccc3)CO2)CC(F)(F)F)cc1C(F)(F)F. The van der Waals surface area contributed by atoms with Crippen molar-refractivity contribution in [1.29, 1.82) is 5.26 Å². The van der Waals surface area contributed by atoms with Crippen molar-refractivity contribution in [3.05, 3.63) is 65.2 Å². The van der Waals surface area contributed by atoms with Crippen molar-refractivity contribution in [2.45, 2.75) is 18.4 Å². The number of nitrogens with zero attached hydrogens (tertiary/aromatic N) is 3. The number of anilines is 1. The Bertz CT molecular complexity index is 963. The van der Waals surface area contributed by atoms with Crippen molar-refractivity contribution in [2.24, 2.45) is 4.99 Å². The van der Waals surface area contributed by atoms with E-state index in [0.29, 0.717) is 11.0 Å². The maximum Gasteiger partial charge on any atom is 0.417 e. The van der Waals surface area contributed by atoms with Gasteiger partial charge < -0.3 is 9.64 Å². The second-order valence-electron chi connectivity index (χ2n) is 6.57. The van der Waals surface area contributed by atoms with Gasteiger partial charge in [-0.3, -0.25) is 0 Å². The monoisotopic (exact) mass is 427 g/mol. The highest BCUT2D eigenvalue weighted by atomic mass is 19.4. The summed E-state index contributed by atoms with van der Waals surface area (Å²) in [6.45, 7) is -1.85. The first-order valence-corrected chi connectivity index (χ1v) is 8.74. The van der Waals surface area contributed by atoms with Gasteiger partial charge in [0.1, 0.15) is 19.2 Å². The fourth-order valence-corrected chi connectivity index (χ4v) is 3.04. The molecule has 0 saturated heterocycles. The smallest absolute Gasteiger partial charge is 0.417 e. The van der Waals surface area contributed by atoms with E-state index in [1.807, 2.05) is 0 Å². The average molecular weight is 427 g/mol. The number of hydrogen-bond acceptors (Lipinski definition) is 4. The summed E-state index contributed by atoms with van der Waals surface area (Å²) in [5.41, 5.74) is -1.50. The lowest BCUT2D eigenvalue weighted by molar-refractivity contribution is -0.137. The molecule has 1 unspecified atom stereocenters. The molecular formula is C20H15F6N3O. The van der Waals surface area contributed by atoms with Crippen LogP contribution in [0.15, 0.2) is 53.5 Å². The van der Waals surface area contributed by atoms with Gasteiger partial charge in [0.2, 0.25) is 5.90 Å². The normalized spacial score (nSPS) is 16.6. The van der Waals surface area contributed by atoms with E-state index in [4.69, 9.17) is 10.00 Å². The highest BCUT2D eigenvalue weighted by Crippen LogP contribution is 2.35. The number of aliphatic imine (C=N–C) groups is 1. The summed E-state index contributed by atoms with van der Waals surface area (Å²) in [4.78, 5) is 4.97. The average Bonchev–Trinajstić information content (AvgIpc) is 3.14. The maximum absolute atomic E-state index is 13.2. The molecule has 4 nitrogen and oxygen atoms in total. The number of rotatable bonds is 5. The van der Waals surface area contributed by atoms with Crippen LogP contribution < -0.4 is 4.90 Å². The maximum atomic E-state index is 13.2. The Morgan fingerprint density at radius 3 is 2.37 bits per heavy atom. The van der Waals surface area contributed by atoms with Crippen molar-refractivity contribution in [1.82, 2.24) is 0 Å². The third-order valence-electron chi connectivity index (χ3n) is 4.38. The van der Waals surface area contributed by atoms with Crippen LogP contribution >= 0.6 is 0 Å².